The van der Waals surface area contributed by atoms with Crippen molar-refractivity contribution in [1.29, 1.82) is 0 Å². The second-order valence-corrected chi connectivity index (χ2v) is 4.46. The van der Waals surface area contributed by atoms with E-state index in [0.717, 1.165) is 17.6 Å². The molecule has 0 unspecified atom stereocenters. The molecule has 19 heavy (non-hydrogen) atoms. The highest BCUT2D eigenvalue weighted by Gasteiger charge is 2.11. The number of benzene rings is 1. The highest BCUT2D eigenvalue weighted by Crippen LogP contribution is 2.09. The monoisotopic (exact) mass is 261 g/mol. The highest BCUT2D eigenvalue weighted by molar-refractivity contribution is 5.92. The number of hydrogen-bond donors (Lipinski definition) is 1. The molecule has 1 aromatic rings. The van der Waals surface area contributed by atoms with Gasteiger partial charge in [0, 0.05) is 19.2 Å². The first-order valence-electron chi connectivity index (χ1n) is 6.20. The normalized spacial score (nSPS) is 11.2. The SMILES string of the molecule is CCC=C(C)C(=O)N(C)Cc1ccc(C(=O)O)cc1. The minimum absolute atomic E-state index is 0.0100. The molecule has 4 nitrogen and oxygen atoms in total. The summed E-state index contributed by atoms with van der Waals surface area (Å²) in [6.45, 7) is 4.25. The Bertz CT molecular complexity index is 489. The maximum atomic E-state index is 12.0. The molecule has 1 rings (SSSR count). The summed E-state index contributed by atoms with van der Waals surface area (Å²) in [5.41, 5.74) is 1.89. The van der Waals surface area contributed by atoms with Crippen LogP contribution in [0.4, 0.5) is 0 Å². The van der Waals surface area contributed by atoms with Crippen LogP contribution in [0.5, 0.6) is 0 Å². The zero-order valence-electron chi connectivity index (χ0n) is 11.5. The van der Waals surface area contributed by atoms with Gasteiger partial charge in [-0.05, 0) is 31.0 Å². The molecule has 102 valence electrons. The molecular weight excluding hydrogens is 242 g/mol. The minimum atomic E-state index is -0.947. The Labute approximate surface area is 113 Å². The third kappa shape index (κ3) is 4.25. The van der Waals surface area contributed by atoms with Crippen molar-refractivity contribution in [2.24, 2.45) is 0 Å². The fourth-order valence-electron chi connectivity index (χ4n) is 1.79. The summed E-state index contributed by atoms with van der Waals surface area (Å²) in [5.74, 6) is -0.957. The molecule has 0 bridgehead atoms. The van der Waals surface area contributed by atoms with Crippen LogP contribution in [0, 0.1) is 0 Å². The largest absolute Gasteiger partial charge is 0.478 e. The Balaban J connectivity index is 2.71. The van der Waals surface area contributed by atoms with E-state index in [2.05, 4.69) is 0 Å². The smallest absolute Gasteiger partial charge is 0.335 e. The quantitative estimate of drug-likeness (QED) is 0.829. The summed E-state index contributed by atoms with van der Waals surface area (Å²) >= 11 is 0. The lowest BCUT2D eigenvalue weighted by molar-refractivity contribution is -0.126. The molecule has 0 spiro atoms. The molecular formula is C15H19NO3. The van der Waals surface area contributed by atoms with Gasteiger partial charge in [-0.15, -0.1) is 0 Å². The number of aromatic carboxylic acids is 1. The summed E-state index contributed by atoms with van der Waals surface area (Å²) < 4.78 is 0. The molecule has 0 radical (unpaired) electrons. The maximum Gasteiger partial charge on any atom is 0.335 e. The molecule has 1 N–H and O–H groups in total. The second kappa shape index (κ2) is 6.73. The van der Waals surface area contributed by atoms with E-state index in [-0.39, 0.29) is 11.5 Å². The number of carboxylic acid groups (broad SMARTS) is 1. The van der Waals surface area contributed by atoms with Crippen molar-refractivity contribution in [1.82, 2.24) is 4.90 Å². The molecule has 1 amide bonds. The van der Waals surface area contributed by atoms with E-state index in [0.29, 0.717) is 6.54 Å². The van der Waals surface area contributed by atoms with Crippen LogP contribution in [0.15, 0.2) is 35.9 Å². The van der Waals surface area contributed by atoms with Crippen LogP contribution in [0.25, 0.3) is 0 Å². The fraction of sp³-hybridized carbons (Fsp3) is 0.333. The topological polar surface area (TPSA) is 57.6 Å². The lowest BCUT2D eigenvalue weighted by atomic mass is 10.1. The minimum Gasteiger partial charge on any atom is -0.478 e. The third-order valence-electron chi connectivity index (χ3n) is 2.81. The molecule has 0 aliphatic rings. The lowest BCUT2D eigenvalue weighted by Gasteiger charge is -2.17. The van der Waals surface area contributed by atoms with Crippen molar-refractivity contribution >= 4 is 11.9 Å². The Morgan fingerprint density at radius 2 is 1.84 bits per heavy atom. The zero-order valence-corrected chi connectivity index (χ0v) is 11.5. The van der Waals surface area contributed by atoms with Gasteiger partial charge in [-0.2, -0.15) is 0 Å². The fourth-order valence-corrected chi connectivity index (χ4v) is 1.79. The van der Waals surface area contributed by atoms with Gasteiger partial charge in [0.15, 0.2) is 0 Å². The van der Waals surface area contributed by atoms with Crippen molar-refractivity contribution in [3.63, 3.8) is 0 Å². The van der Waals surface area contributed by atoms with Crippen LogP contribution in [-0.4, -0.2) is 28.9 Å². The zero-order chi connectivity index (χ0) is 14.4. The second-order valence-electron chi connectivity index (χ2n) is 4.46. The third-order valence-corrected chi connectivity index (χ3v) is 2.81. The predicted molar refractivity (Wildman–Crippen MR) is 73.9 cm³/mol. The summed E-state index contributed by atoms with van der Waals surface area (Å²) in [6, 6.07) is 6.55. The Morgan fingerprint density at radius 1 is 1.26 bits per heavy atom. The number of hydrogen-bond acceptors (Lipinski definition) is 2. The Kier molecular flexibility index (Phi) is 5.30. The van der Waals surface area contributed by atoms with Crippen LogP contribution in [0.1, 0.15) is 36.2 Å². The summed E-state index contributed by atoms with van der Waals surface area (Å²) in [4.78, 5) is 24.3. The van der Waals surface area contributed by atoms with Crippen molar-refractivity contribution in [2.75, 3.05) is 7.05 Å². The number of carbonyl (C=O) groups excluding carboxylic acids is 1. The van der Waals surface area contributed by atoms with E-state index in [1.807, 2.05) is 13.0 Å². The van der Waals surface area contributed by atoms with E-state index < -0.39 is 5.97 Å². The molecule has 0 fully saturated rings. The number of carboxylic acids is 1. The van der Waals surface area contributed by atoms with Gasteiger partial charge in [0.1, 0.15) is 0 Å². The molecule has 1 aromatic carbocycles. The lowest BCUT2D eigenvalue weighted by Crippen LogP contribution is -2.26. The van der Waals surface area contributed by atoms with Gasteiger partial charge in [0.2, 0.25) is 5.91 Å². The Hall–Kier alpha value is -2.10. The highest BCUT2D eigenvalue weighted by atomic mass is 16.4. The van der Waals surface area contributed by atoms with Crippen LogP contribution in [0.2, 0.25) is 0 Å². The molecule has 0 heterocycles. The molecule has 0 aromatic heterocycles. The number of amides is 1. The van der Waals surface area contributed by atoms with Gasteiger partial charge in [0.25, 0.3) is 0 Å². The van der Waals surface area contributed by atoms with Crippen molar-refractivity contribution in [3.8, 4) is 0 Å². The molecule has 0 saturated heterocycles. The van der Waals surface area contributed by atoms with E-state index in [9.17, 15) is 9.59 Å². The number of allylic oxidation sites excluding steroid dienone is 1. The first-order valence-corrected chi connectivity index (χ1v) is 6.20. The number of nitrogens with zero attached hydrogens (tertiary/aromatic N) is 1. The van der Waals surface area contributed by atoms with Crippen LogP contribution in [-0.2, 0) is 11.3 Å². The van der Waals surface area contributed by atoms with Gasteiger partial charge >= 0.3 is 5.97 Å². The van der Waals surface area contributed by atoms with Crippen LogP contribution >= 0.6 is 0 Å². The van der Waals surface area contributed by atoms with Crippen molar-refractivity contribution in [3.05, 3.63) is 47.0 Å². The summed E-state index contributed by atoms with van der Waals surface area (Å²) in [6.07, 6.45) is 2.73. The standard InChI is InChI=1S/C15H19NO3/c1-4-5-11(2)14(17)16(3)10-12-6-8-13(9-7-12)15(18)19/h5-9H,4,10H2,1-3H3,(H,18,19). The van der Waals surface area contributed by atoms with Gasteiger partial charge in [0.05, 0.1) is 5.56 Å². The molecule has 0 atom stereocenters. The molecule has 0 saturated carbocycles. The molecule has 0 aliphatic carbocycles. The first-order chi connectivity index (χ1) is 8.95. The average Bonchev–Trinajstić information content (AvgIpc) is 2.38. The average molecular weight is 261 g/mol. The van der Waals surface area contributed by atoms with E-state index in [1.54, 1.807) is 43.1 Å². The van der Waals surface area contributed by atoms with Gasteiger partial charge in [-0.25, -0.2) is 4.79 Å². The van der Waals surface area contributed by atoms with Gasteiger partial charge in [-0.1, -0.05) is 25.1 Å². The summed E-state index contributed by atoms with van der Waals surface area (Å²) in [7, 11) is 1.74. The number of carbonyl (C=O) groups is 2. The number of likely N-dealkylation sites (N-methyl/N-ethyl adjacent to an activating group) is 1. The maximum absolute atomic E-state index is 12.0. The van der Waals surface area contributed by atoms with Gasteiger partial charge < -0.3 is 10.0 Å². The van der Waals surface area contributed by atoms with E-state index >= 15 is 0 Å². The Morgan fingerprint density at radius 3 is 2.32 bits per heavy atom. The van der Waals surface area contributed by atoms with Crippen molar-refractivity contribution in [2.45, 2.75) is 26.8 Å². The van der Waals surface area contributed by atoms with Crippen LogP contribution < -0.4 is 0 Å². The molecule has 0 aliphatic heterocycles. The summed E-state index contributed by atoms with van der Waals surface area (Å²) in [5, 5.41) is 8.81. The van der Waals surface area contributed by atoms with E-state index in [1.165, 1.54) is 0 Å². The van der Waals surface area contributed by atoms with E-state index in [4.69, 9.17) is 5.11 Å². The van der Waals surface area contributed by atoms with Crippen molar-refractivity contribution < 1.29 is 14.7 Å². The first kappa shape index (κ1) is 15.0. The number of rotatable bonds is 5. The predicted octanol–water partition coefficient (Wildman–Crippen LogP) is 2.70. The molecule has 4 heteroatoms. The van der Waals surface area contributed by atoms with Crippen LogP contribution in [0.3, 0.4) is 0 Å². The van der Waals surface area contributed by atoms with Gasteiger partial charge in [-0.3, -0.25) is 4.79 Å².